The lowest BCUT2D eigenvalue weighted by atomic mass is 10.0. The topological polar surface area (TPSA) is 83.9 Å². The number of aliphatic carboxylic acids is 1. The number of carbonyl (C=O) groups is 1. The highest BCUT2D eigenvalue weighted by Crippen LogP contribution is 2.23. The molecular formula is C12H23NO5S. The molecule has 1 atom stereocenters. The Balaban J connectivity index is 2.64. The second-order valence-corrected chi connectivity index (χ2v) is 7.13. The summed E-state index contributed by atoms with van der Waals surface area (Å²) >= 11 is 0. The molecule has 0 amide bonds. The van der Waals surface area contributed by atoms with Gasteiger partial charge in [-0.2, -0.15) is 4.31 Å². The second kappa shape index (κ2) is 7.21. The van der Waals surface area contributed by atoms with Crippen molar-refractivity contribution in [2.24, 2.45) is 0 Å². The van der Waals surface area contributed by atoms with Gasteiger partial charge in [-0.05, 0) is 26.7 Å². The van der Waals surface area contributed by atoms with Crippen LogP contribution in [-0.4, -0.2) is 54.8 Å². The summed E-state index contributed by atoms with van der Waals surface area (Å²) in [7, 11) is -3.43. The van der Waals surface area contributed by atoms with Gasteiger partial charge < -0.3 is 9.84 Å². The fraction of sp³-hybridized carbons (Fsp3) is 0.917. The van der Waals surface area contributed by atoms with Crippen molar-refractivity contribution in [2.45, 2.75) is 51.7 Å². The van der Waals surface area contributed by atoms with Crippen LogP contribution in [0.1, 0.15) is 39.5 Å². The first kappa shape index (κ1) is 16.4. The predicted octanol–water partition coefficient (Wildman–Crippen LogP) is 1.07. The van der Waals surface area contributed by atoms with Crippen molar-refractivity contribution in [3.8, 4) is 0 Å². The molecule has 1 saturated heterocycles. The van der Waals surface area contributed by atoms with Crippen LogP contribution in [0.5, 0.6) is 0 Å². The quantitative estimate of drug-likeness (QED) is 0.759. The highest BCUT2D eigenvalue weighted by molar-refractivity contribution is 7.89. The van der Waals surface area contributed by atoms with E-state index in [2.05, 4.69) is 0 Å². The van der Waals surface area contributed by atoms with Crippen LogP contribution in [0.25, 0.3) is 0 Å². The molecular weight excluding hydrogens is 270 g/mol. The molecule has 0 aromatic heterocycles. The third-order valence-electron chi connectivity index (χ3n) is 3.13. The molecule has 0 radical (unpaired) electrons. The summed E-state index contributed by atoms with van der Waals surface area (Å²) in [6.07, 6.45) is 2.17. The Bertz CT molecular complexity index is 393. The maximum atomic E-state index is 12.2. The Morgan fingerprint density at radius 3 is 2.68 bits per heavy atom. The van der Waals surface area contributed by atoms with Crippen molar-refractivity contribution in [2.75, 3.05) is 18.9 Å². The van der Waals surface area contributed by atoms with Gasteiger partial charge in [0.05, 0.1) is 24.9 Å². The smallest absolute Gasteiger partial charge is 0.304 e. The summed E-state index contributed by atoms with van der Waals surface area (Å²) in [5, 5.41) is 8.85. The third kappa shape index (κ3) is 5.46. The maximum absolute atomic E-state index is 12.2. The van der Waals surface area contributed by atoms with Crippen LogP contribution in [0.3, 0.4) is 0 Å². The monoisotopic (exact) mass is 293 g/mol. The summed E-state index contributed by atoms with van der Waals surface area (Å²) < 4.78 is 31.0. The number of sulfonamides is 1. The van der Waals surface area contributed by atoms with Crippen molar-refractivity contribution in [3.63, 3.8) is 0 Å². The molecule has 1 aliphatic heterocycles. The summed E-state index contributed by atoms with van der Waals surface area (Å²) in [4.78, 5) is 10.8. The van der Waals surface area contributed by atoms with E-state index in [0.717, 1.165) is 12.8 Å². The van der Waals surface area contributed by atoms with Crippen LogP contribution >= 0.6 is 0 Å². The Morgan fingerprint density at radius 2 is 2.11 bits per heavy atom. The first-order valence-corrected chi connectivity index (χ1v) is 8.27. The second-order valence-electron chi connectivity index (χ2n) is 5.09. The van der Waals surface area contributed by atoms with Crippen molar-refractivity contribution >= 4 is 16.0 Å². The van der Waals surface area contributed by atoms with Crippen LogP contribution < -0.4 is 0 Å². The normalized spacial score (nSPS) is 21.7. The van der Waals surface area contributed by atoms with Crippen molar-refractivity contribution < 1.29 is 23.1 Å². The maximum Gasteiger partial charge on any atom is 0.304 e. The first-order chi connectivity index (χ1) is 8.83. The number of rotatable bonds is 7. The minimum atomic E-state index is -3.43. The molecule has 1 rings (SSSR count). The van der Waals surface area contributed by atoms with Gasteiger partial charge in [0.25, 0.3) is 0 Å². The van der Waals surface area contributed by atoms with Gasteiger partial charge in [0, 0.05) is 12.6 Å². The minimum absolute atomic E-state index is 0.00799. The molecule has 1 fully saturated rings. The molecule has 0 aromatic carbocycles. The van der Waals surface area contributed by atoms with Crippen molar-refractivity contribution in [1.29, 1.82) is 0 Å². The lowest BCUT2D eigenvalue weighted by Crippen LogP contribution is -2.46. The van der Waals surface area contributed by atoms with E-state index in [1.54, 1.807) is 0 Å². The van der Waals surface area contributed by atoms with Gasteiger partial charge in [-0.25, -0.2) is 8.42 Å². The highest BCUT2D eigenvalue weighted by Gasteiger charge is 2.33. The summed E-state index contributed by atoms with van der Waals surface area (Å²) in [5.74, 6) is -1.04. The number of piperidine rings is 1. The van der Waals surface area contributed by atoms with E-state index in [9.17, 15) is 13.2 Å². The van der Waals surface area contributed by atoms with Crippen molar-refractivity contribution in [3.05, 3.63) is 0 Å². The van der Waals surface area contributed by atoms with Crippen LogP contribution in [0.15, 0.2) is 0 Å². The van der Waals surface area contributed by atoms with Gasteiger partial charge in [0.1, 0.15) is 0 Å². The van der Waals surface area contributed by atoms with Crippen LogP contribution in [0.2, 0.25) is 0 Å². The number of hydrogen-bond acceptors (Lipinski definition) is 4. The van der Waals surface area contributed by atoms with E-state index < -0.39 is 22.0 Å². The van der Waals surface area contributed by atoms with Crippen LogP contribution in [-0.2, 0) is 19.6 Å². The van der Waals surface area contributed by atoms with Gasteiger partial charge in [0.2, 0.25) is 10.0 Å². The molecule has 1 N–H and O–H groups in total. The molecule has 7 heteroatoms. The standard InChI is InChI=1S/C12H23NO5S/c1-10(2)18-7-8-19(16,17)13-6-4-3-5-11(13)9-12(14)15/h10-11H,3-9H2,1-2H3,(H,14,15). The summed E-state index contributed by atoms with van der Waals surface area (Å²) in [6.45, 7) is 4.26. The van der Waals surface area contributed by atoms with Gasteiger partial charge >= 0.3 is 5.97 Å². The van der Waals surface area contributed by atoms with Gasteiger partial charge in [0.15, 0.2) is 0 Å². The zero-order valence-corrected chi connectivity index (χ0v) is 12.4. The lowest BCUT2D eigenvalue weighted by Gasteiger charge is -2.33. The summed E-state index contributed by atoms with van der Waals surface area (Å²) in [5.41, 5.74) is 0. The average Bonchev–Trinajstić information content (AvgIpc) is 2.27. The molecule has 0 bridgehead atoms. The van der Waals surface area contributed by atoms with Gasteiger partial charge in [-0.1, -0.05) is 6.42 Å². The zero-order valence-electron chi connectivity index (χ0n) is 11.5. The Morgan fingerprint density at radius 1 is 1.42 bits per heavy atom. The number of hydrogen-bond donors (Lipinski definition) is 1. The Hall–Kier alpha value is -0.660. The molecule has 0 spiro atoms. The van der Waals surface area contributed by atoms with E-state index in [1.165, 1.54) is 4.31 Å². The molecule has 1 heterocycles. The fourth-order valence-corrected chi connectivity index (χ4v) is 3.84. The molecule has 0 aliphatic carbocycles. The molecule has 6 nitrogen and oxygen atoms in total. The lowest BCUT2D eigenvalue weighted by molar-refractivity contribution is -0.138. The average molecular weight is 293 g/mol. The van der Waals surface area contributed by atoms with E-state index in [0.29, 0.717) is 13.0 Å². The molecule has 0 aromatic rings. The Labute approximate surface area is 114 Å². The number of nitrogens with zero attached hydrogens (tertiary/aromatic N) is 1. The van der Waals surface area contributed by atoms with E-state index in [-0.39, 0.29) is 24.9 Å². The molecule has 19 heavy (non-hydrogen) atoms. The third-order valence-corrected chi connectivity index (χ3v) is 5.01. The molecule has 112 valence electrons. The van der Waals surface area contributed by atoms with Gasteiger partial charge in [-0.3, -0.25) is 4.79 Å². The number of ether oxygens (including phenoxy) is 1. The largest absolute Gasteiger partial charge is 0.481 e. The van der Waals surface area contributed by atoms with Crippen LogP contribution in [0.4, 0.5) is 0 Å². The number of carboxylic acids is 1. The molecule has 1 aliphatic rings. The Kier molecular flexibility index (Phi) is 6.22. The highest BCUT2D eigenvalue weighted by atomic mass is 32.2. The fourth-order valence-electron chi connectivity index (χ4n) is 2.25. The van der Waals surface area contributed by atoms with Crippen molar-refractivity contribution in [1.82, 2.24) is 4.31 Å². The van der Waals surface area contributed by atoms with Gasteiger partial charge in [-0.15, -0.1) is 0 Å². The van der Waals surface area contributed by atoms with E-state index in [1.807, 2.05) is 13.8 Å². The minimum Gasteiger partial charge on any atom is -0.481 e. The zero-order chi connectivity index (χ0) is 14.5. The van der Waals surface area contributed by atoms with Crippen LogP contribution in [0, 0.1) is 0 Å². The molecule has 0 saturated carbocycles. The van der Waals surface area contributed by atoms with E-state index >= 15 is 0 Å². The number of carboxylic acid groups (broad SMARTS) is 1. The summed E-state index contributed by atoms with van der Waals surface area (Å²) in [6, 6.07) is -0.407. The SMILES string of the molecule is CC(C)OCCS(=O)(=O)N1CCCCC1CC(=O)O. The van der Waals surface area contributed by atoms with E-state index in [4.69, 9.17) is 9.84 Å². The molecule has 1 unspecified atom stereocenters. The first-order valence-electron chi connectivity index (χ1n) is 6.66. The predicted molar refractivity (Wildman–Crippen MR) is 71.5 cm³/mol.